The Labute approximate surface area is 114 Å². The third kappa shape index (κ3) is 3.30. The van der Waals surface area contributed by atoms with E-state index in [2.05, 4.69) is 53.5 Å². The number of nitrogens with zero attached hydrogens (tertiary/aromatic N) is 1. The topological polar surface area (TPSA) is 17.0 Å². The van der Waals surface area contributed by atoms with Gasteiger partial charge in [-0.05, 0) is 48.1 Å². The first-order valence-corrected chi connectivity index (χ1v) is 8.02. The van der Waals surface area contributed by atoms with Gasteiger partial charge in [0, 0.05) is 24.8 Å². The SMILES string of the molecule is CCNCc1ccc2ccn(CCCSC)c2c1. The zero-order chi connectivity index (χ0) is 12.8. The van der Waals surface area contributed by atoms with E-state index >= 15 is 0 Å². The van der Waals surface area contributed by atoms with E-state index in [0.717, 1.165) is 19.6 Å². The molecular formula is C15H22N2S. The highest BCUT2D eigenvalue weighted by Crippen LogP contribution is 2.18. The molecule has 0 atom stereocenters. The van der Waals surface area contributed by atoms with E-state index in [-0.39, 0.29) is 0 Å². The maximum absolute atomic E-state index is 3.38. The first-order chi connectivity index (χ1) is 8.85. The summed E-state index contributed by atoms with van der Waals surface area (Å²) in [6.07, 6.45) is 5.62. The van der Waals surface area contributed by atoms with Crippen molar-refractivity contribution in [2.24, 2.45) is 0 Å². The van der Waals surface area contributed by atoms with Gasteiger partial charge in [-0.25, -0.2) is 0 Å². The third-order valence-electron chi connectivity index (χ3n) is 3.16. The molecule has 98 valence electrons. The summed E-state index contributed by atoms with van der Waals surface area (Å²) >= 11 is 1.92. The van der Waals surface area contributed by atoms with Gasteiger partial charge in [-0.15, -0.1) is 0 Å². The number of hydrogen-bond donors (Lipinski definition) is 1. The number of benzene rings is 1. The summed E-state index contributed by atoms with van der Waals surface area (Å²) in [5, 5.41) is 4.73. The molecule has 2 aromatic rings. The highest BCUT2D eigenvalue weighted by molar-refractivity contribution is 7.98. The fourth-order valence-corrected chi connectivity index (χ4v) is 2.60. The number of fused-ring (bicyclic) bond motifs is 1. The summed E-state index contributed by atoms with van der Waals surface area (Å²) < 4.78 is 2.38. The molecule has 0 bridgehead atoms. The molecule has 2 nitrogen and oxygen atoms in total. The average molecular weight is 262 g/mol. The maximum atomic E-state index is 3.38. The fourth-order valence-electron chi connectivity index (χ4n) is 2.18. The van der Waals surface area contributed by atoms with Crippen LogP contribution in [0.15, 0.2) is 30.5 Å². The average Bonchev–Trinajstić information content (AvgIpc) is 2.79. The second kappa shape index (κ2) is 6.86. The lowest BCUT2D eigenvalue weighted by atomic mass is 10.1. The normalized spacial score (nSPS) is 11.2. The van der Waals surface area contributed by atoms with Crippen molar-refractivity contribution in [3.8, 4) is 0 Å². The minimum atomic E-state index is 0.961. The molecule has 1 heterocycles. The number of nitrogens with one attached hydrogen (secondary N) is 1. The Morgan fingerprint density at radius 1 is 1.28 bits per heavy atom. The Kier molecular flexibility index (Phi) is 5.14. The van der Waals surface area contributed by atoms with Crippen molar-refractivity contribution in [1.29, 1.82) is 0 Å². The van der Waals surface area contributed by atoms with Gasteiger partial charge in [-0.3, -0.25) is 0 Å². The largest absolute Gasteiger partial charge is 0.347 e. The summed E-state index contributed by atoms with van der Waals surface area (Å²) in [5.41, 5.74) is 2.74. The molecule has 0 radical (unpaired) electrons. The molecule has 2 rings (SSSR count). The van der Waals surface area contributed by atoms with Crippen molar-refractivity contribution in [2.45, 2.75) is 26.4 Å². The third-order valence-corrected chi connectivity index (χ3v) is 3.86. The van der Waals surface area contributed by atoms with E-state index in [1.165, 1.54) is 28.6 Å². The lowest BCUT2D eigenvalue weighted by Crippen LogP contribution is -2.11. The molecule has 0 amide bonds. The minimum absolute atomic E-state index is 0.961. The van der Waals surface area contributed by atoms with Crippen molar-refractivity contribution < 1.29 is 0 Å². The van der Waals surface area contributed by atoms with Crippen molar-refractivity contribution in [3.05, 3.63) is 36.0 Å². The molecule has 1 N–H and O–H groups in total. The molecule has 0 saturated heterocycles. The lowest BCUT2D eigenvalue weighted by molar-refractivity contribution is 0.706. The summed E-state index contributed by atoms with van der Waals surface area (Å²) in [6.45, 7) is 5.24. The second-order valence-electron chi connectivity index (χ2n) is 4.53. The summed E-state index contributed by atoms with van der Waals surface area (Å²) in [4.78, 5) is 0. The van der Waals surface area contributed by atoms with E-state index in [1.807, 2.05) is 11.8 Å². The van der Waals surface area contributed by atoms with Crippen LogP contribution in [0, 0.1) is 0 Å². The Balaban J connectivity index is 2.14. The minimum Gasteiger partial charge on any atom is -0.347 e. The van der Waals surface area contributed by atoms with Crippen LogP contribution in [0.3, 0.4) is 0 Å². The van der Waals surface area contributed by atoms with Crippen molar-refractivity contribution in [2.75, 3.05) is 18.6 Å². The number of aryl methyl sites for hydroxylation is 1. The molecule has 0 saturated carbocycles. The van der Waals surface area contributed by atoms with E-state index in [0.29, 0.717) is 0 Å². The van der Waals surface area contributed by atoms with Crippen LogP contribution in [0.1, 0.15) is 18.9 Å². The zero-order valence-corrected chi connectivity index (χ0v) is 12.1. The Bertz CT molecular complexity index is 490. The molecule has 18 heavy (non-hydrogen) atoms. The molecule has 0 aliphatic heterocycles. The Morgan fingerprint density at radius 3 is 2.94 bits per heavy atom. The summed E-state index contributed by atoms with van der Waals surface area (Å²) in [7, 11) is 0. The van der Waals surface area contributed by atoms with Crippen LogP contribution in [-0.2, 0) is 13.1 Å². The van der Waals surface area contributed by atoms with Gasteiger partial charge in [0.1, 0.15) is 0 Å². The molecule has 1 aromatic heterocycles. The lowest BCUT2D eigenvalue weighted by Gasteiger charge is -2.07. The summed E-state index contributed by atoms with van der Waals surface area (Å²) in [5.74, 6) is 1.23. The van der Waals surface area contributed by atoms with Gasteiger partial charge in [0.2, 0.25) is 0 Å². The highest BCUT2D eigenvalue weighted by Gasteiger charge is 2.02. The van der Waals surface area contributed by atoms with Crippen LogP contribution >= 0.6 is 11.8 Å². The monoisotopic (exact) mass is 262 g/mol. The maximum Gasteiger partial charge on any atom is 0.0483 e. The van der Waals surface area contributed by atoms with E-state index < -0.39 is 0 Å². The number of rotatable bonds is 7. The Morgan fingerprint density at radius 2 is 2.17 bits per heavy atom. The van der Waals surface area contributed by atoms with Gasteiger partial charge in [-0.2, -0.15) is 11.8 Å². The zero-order valence-electron chi connectivity index (χ0n) is 11.3. The first kappa shape index (κ1) is 13.5. The highest BCUT2D eigenvalue weighted by atomic mass is 32.2. The molecule has 1 aromatic carbocycles. The first-order valence-electron chi connectivity index (χ1n) is 6.62. The van der Waals surface area contributed by atoms with Crippen LogP contribution < -0.4 is 5.32 Å². The molecule has 3 heteroatoms. The molecular weight excluding hydrogens is 240 g/mol. The van der Waals surface area contributed by atoms with Crippen LogP contribution in [0.2, 0.25) is 0 Å². The van der Waals surface area contributed by atoms with Crippen LogP contribution in [0.25, 0.3) is 10.9 Å². The molecule has 0 fully saturated rings. The van der Waals surface area contributed by atoms with E-state index in [1.54, 1.807) is 0 Å². The summed E-state index contributed by atoms with van der Waals surface area (Å²) in [6, 6.07) is 8.98. The van der Waals surface area contributed by atoms with Crippen molar-refractivity contribution >= 4 is 22.7 Å². The number of thioether (sulfide) groups is 1. The smallest absolute Gasteiger partial charge is 0.0483 e. The van der Waals surface area contributed by atoms with Gasteiger partial charge in [-0.1, -0.05) is 19.1 Å². The fraction of sp³-hybridized carbons (Fsp3) is 0.467. The number of aromatic nitrogens is 1. The quantitative estimate of drug-likeness (QED) is 0.769. The molecule has 0 spiro atoms. The van der Waals surface area contributed by atoms with Crippen LogP contribution in [0.5, 0.6) is 0 Å². The second-order valence-corrected chi connectivity index (χ2v) is 5.51. The predicted octanol–water partition coefficient (Wildman–Crippen LogP) is 3.50. The van der Waals surface area contributed by atoms with Gasteiger partial charge in [0.05, 0.1) is 0 Å². The van der Waals surface area contributed by atoms with Gasteiger partial charge in [0.25, 0.3) is 0 Å². The van der Waals surface area contributed by atoms with E-state index in [4.69, 9.17) is 0 Å². The van der Waals surface area contributed by atoms with Crippen LogP contribution in [-0.4, -0.2) is 23.1 Å². The van der Waals surface area contributed by atoms with E-state index in [9.17, 15) is 0 Å². The van der Waals surface area contributed by atoms with Crippen molar-refractivity contribution in [3.63, 3.8) is 0 Å². The molecule has 0 aliphatic rings. The predicted molar refractivity (Wildman–Crippen MR) is 82.3 cm³/mol. The standard InChI is InChI=1S/C15H22N2S/c1-3-16-12-13-5-6-14-7-9-17(15(14)11-13)8-4-10-18-2/h5-7,9,11,16H,3-4,8,10,12H2,1-2H3. The van der Waals surface area contributed by atoms with Gasteiger partial charge in [0.15, 0.2) is 0 Å². The van der Waals surface area contributed by atoms with Gasteiger partial charge >= 0.3 is 0 Å². The molecule has 0 unspecified atom stereocenters. The Hall–Kier alpha value is -0.930. The van der Waals surface area contributed by atoms with Gasteiger partial charge < -0.3 is 9.88 Å². The number of hydrogen-bond acceptors (Lipinski definition) is 2. The van der Waals surface area contributed by atoms with Crippen molar-refractivity contribution in [1.82, 2.24) is 9.88 Å². The van der Waals surface area contributed by atoms with Crippen LogP contribution in [0.4, 0.5) is 0 Å². The molecule has 0 aliphatic carbocycles.